The number of aromatic amines is 1. The van der Waals surface area contributed by atoms with Crippen molar-refractivity contribution in [3.63, 3.8) is 0 Å². The Bertz CT molecular complexity index is 1680. The van der Waals surface area contributed by atoms with E-state index in [4.69, 9.17) is 4.74 Å². The number of aryl methyl sites for hydroxylation is 1. The number of amides is 1. The van der Waals surface area contributed by atoms with E-state index in [2.05, 4.69) is 44.1 Å². The molecule has 3 aromatic carbocycles. The minimum atomic E-state index is -0.634. The van der Waals surface area contributed by atoms with Gasteiger partial charge >= 0.3 is 11.8 Å². The zero-order chi connectivity index (χ0) is 29.1. The van der Waals surface area contributed by atoms with Gasteiger partial charge in [-0.2, -0.15) is 0 Å². The lowest BCUT2D eigenvalue weighted by Gasteiger charge is -2.25. The number of fused-ring (bicyclic) bond motifs is 1. The number of ether oxygens (including phenoxy) is 1. The molecule has 9 heteroatoms. The first kappa shape index (κ1) is 27.6. The summed E-state index contributed by atoms with van der Waals surface area (Å²) < 4.78 is 7.06. The Hall–Kier alpha value is -4.92. The fourth-order valence-corrected chi connectivity index (χ4v) is 4.70. The molecule has 0 aliphatic carbocycles. The highest BCUT2D eigenvalue weighted by atomic mass is 16.6. The number of carbonyl (C=O) groups excluding carboxylic acids is 1. The van der Waals surface area contributed by atoms with Crippen molar-refractivity contribution in [3.05, 3.63) is 112 Å². The zero-order valence-electron chi connectivity index (χ0n) is 24.0. The number of imidazole rings is 1. The SMILES string of the molecule is Cc1cc(N(C)C(=O)OC(C)(C)C)cc(-n2c(=O)[nH]c3c(N(Cc4ccccc4)Cc4ccccc4)ncnc32)c1. The normalized spacial score (nSPS) is 11.4. The Morgan fingerprint density at radius 3 is 2.12 bits per heavy atom. The number of benzene rings is 3. The molecule has 0 aliphatic heterocycles. The van der Waals surface area contributed by atoms with Crippen LogP contribution in [0, 0.1) is 6.92 Å². The smallest absolute Gasteiger partial charge is 0.414 e. The number of nitrogens with one attached hydrogen (secondary N) is 1. The standard InChI is InChI=1S/C32H34N6O3/c1-22-16-25(36(5)31(40)41-32(2,3)4)18-26(17-22)38-29-27(35-30(38)39)28(33-21-34-29)37(19-23-12-8-6-9-13-23)20-24-14-10-7-11-15-24/h6-18,21H,19-20H2,1-5H3,(H,35,39). The van der Waals surface area contributed by atoms with Crippen LogP contribution in [0.1, 0.15) is 37.5 Å². The quantitative estimate of drug-likeness (QED) is 0.267. The number of anilines is 2. The van der Waals surface area contributed by atoms with E-state index >= 15 is 0 Å². The molecule has 0 saturated carbocycles. The summed E-state index contributed by atoms with van der Waals surface area (Å²) in [6.07, 6.45) is 0.996. The molecular formula is C32H34N6O3. The van der Waals surface area contributed by atoms with Gasteiger partial charge < -0.3 is 14.6 Å². The van der Waals surface area contributed by atoms with Gasteiger partial charge in [0.25, 0.3) is 0 Å². The molecule has 41 heavy (non-hydrogen) atoms. The van der Waals surface area contributed by atoms with Gasteiger partial charge in [-0.25, -0.2) is 24.1 Å². The van der Waals surface area contributed by atoms with Crippen LogP contribution in [0.15, 0.2) is 90.0 Å². The number of aromatic nitrogens is 4. The van der Waals surface area contributed by atoms with Crippen LogP contribution in [0.4, 0.5) is 16.3 Å². The molecule has 0 fully saturated rings. The minimum absolute atomic E-state index is 0.349. The van der Waals surface area contributed by atoms with Crippen LogP contribution in [0.25, 0.3) is 16.9 Å². The van der Waals surface area contributed by atoms with E-state index in [-0.39, 0.29) is 5.69 Å². The van der Waals surface area contributed by atoms with Crippen molar-refractivity contribution in [3.8, 4) is 5.69 Å². The number of H-pyrrole nitrogens is 1. The van der Waals surface area contributed by atoms with Crippen molar-refractivity contribution in [1.82, 2.24) is 19.5 Å². The zero-order valence-corrected chi connectivity index (χ0v) is 24.0. The van der Waals surface area contributed by atoms with Gasteiger partial charge in [-0.05, 0) is 62.6 Å². The number of nitrogens with zero attached hydrogens (tertiary/aromatic N) is 5. The van der Waals surface area contributed by atoms with Crippen LogP contribution >= 0.6 is 0 Å². The van der Waals surface area contributed by atoms with Gasteiger partial charge in [0.1, 0.15) is 17.4 Å². The van der Waals surface area contributed by atoms with Crippen LogP contribution in [0.2, 0.25) is 0 Å². The molecule has 0 radical (unpaired) electrons. The van der Waals surface area contributed by atoms with Crippen molar-refractivity contribution in [2.24, 2.45) is 0 Å². The van der Waals surface area contributed by atoms with Crippen LogP contribution in [-0.2, 0) is 17.8 Å². The highest BCUT2D eigenvalue weighted by Crippen LogP contribution is 2.28. The molecule has 210 valence electrons. The van der Waals surface area contributed by atoms with Crippen molar-refractivity contribution >= 4 is 28.8 Å². The van der Waals surface area contributed by atoms with E-state index in [1.807, 2.05) is 76.2 Å². The maximum Gasteiger partial charge on any atom is 0.414 e. The average Bonchev–Trinajstić information content (AvgIpc) is 3.28. The highest BCUT2D eigenvalue weighted by molar-refractivity contribution is 5.88. The molecule has 5 aromatic rings. The number of hydrogen-bond donors (Lipinski definition) is 1. The monoisotopic (exact) mass is 550 g/mol. The second kappa shape index (κ2) is 11.3. The molecule has 2 heterocycles. The van der Waals surface area contributed by atoms with Crippen molar-refractivity contribution < 1.29 is 9.53 Å². The topological polar surface area (TPSA) is 96.3 Å². The van der Waals surface area contributed by atoms with Gasteiger partial charge in [0.15, 0.2) is 11.5 Å². The van der Waals surface area contributed by atoms with Crippen molar-refractivity contribution in [1.29, 1.82) is 0 Å². The van der Waals surface area contributed by atoms with E-state index in [1.54, 1.807) is 13.1 Å². The Morgan fingerprint density at radius 1 is 0.927 bits per heavy atom. The van der Waals surface area contributed by atoms with Crippen LogP contribution in [0.3, 0.4) is 0 Å². The van der Waals surface area contributed by atoms with Crippen molar-refractivity contribution in [2.75, 3.05) is 16.8 Å². The molecule has 2 aromatic heterocycles. The second-order valence-electron chi connectivity index (χ2n) is 11.1. The van der Waals surface area contributed by atoms with E-state index < -0.39 is 11.7 Å². The number of rotatable bonds is 7. The Labute approximate surface area is 239 Å². The Balaban J connectivity index is 1.58. The molecule has 0 saturated heterocycles. The predicted molar refractivity (Wildman–Crippen MR) is 162 cm³/mol. The number of hydrogen-bond acceptors (Lipinski definition) is 6. The lowest BCUT2D eigenvalue weighted by molar-refractivity contribution is 0.0589. The third-order valence-corrected chi connectivity index (χ3v) is 6.55. The molecule has 0 spiro atoms. The van der Waals surface area contributed by atoms with Crippen molar-refractivity contribution in [2.45, 2.75) is 46.4 Å². The van der Waals surface area contributed by atoms with Gasteiger partial charge in [0, 0.05) is 25.8 Å². The fraction of sp³-hybridized carbons (Fsp3) is 0.250. The first-order chi connectivity index (χ1) is 19.6. The summed E-state index contributed by atoms with van der Waals surface area (Å²) in [6, 6.07) is 25.8. The lowest BCUT2D eigenvalue weighted by Crippen LogP contribution is -2.34. The third-order valence-electron chi connectivity index (χ3n) is 6.55. The molecule has 0 atom stereocenters. The highest BCUT2D eigenvalue weighted by Gasteiger charge is 2.23. The van der Waals surface area contributed by atoms with E-state index in [0.717, 1.165) is 16.7 Å². The first-order valence-corrected chi connectivity index (χ1v) is 13.5. The van der Waals surface area contributed by atoms with Gasteiger partial charge in [-0.3, -0.25) is 4.90 Å². The summed E-state index contributed by atoms with van der Waals surface area (Å²) in [5.74, 6) is 0.623. The average molecular weight is 551 g/mol. The molecule has 1 amide bonds. The summed E-state index contributed by atoms with van der Waals surface area (Å²) in [4.78, 5) is 41.9. The summed E-state index contributed by atoms with van der Waals surface area (Å²) in [5, 5.41) is 0. The lowest BCUT2D eigenvalue weighted by atomic mass is 10.1. The summed E-state index contributed by atoms with van der Waals surface area (Å²) in [6.45, 7) is 8.55. The molecule has 9 nitrogen and oxygen atoms in total. The largest absolute Gasteiger partial charge is 0.443 e. The number of carbonyl (C=O) groups is 1. The summed E-state index contributed by atoms with van der Waals surface area (Å²) in [7, 11) is 1.65. The van der Waals surface area contributed by atoms with E-state index in [9.17, 15) is 9.59 Å². The maximum atomic E-state index is 13.5. The maximum absolute atomic E-state index is 13.5. The van der Waals surface area contributed by atoms with Crippen LogP contribution in [0.5, 0.6) is 0 Å². The Morgan fingerprint density at radius 2 is 1.54 bits per heavy atom. The predicted octanol–water partition coefficient (Wildman–Crippen LogP) is 6.00. The minimum Gasteiger partial charge on any atom is -0.443 e. The van der Waals surface area contributed by atoms with Gasteiger partial charge in [-0.15, -0.1) is 0 Å². The van der Waals surface area contributed by atoms with Gasteiger partial charge in [0.2, 0.25) is 0 Å². The molecule has 0 unspecified atom stereocenters. The molecule has 0 bridgehead atoms. The summed E-state index contributed by atoms with van der Waals surface area (Å²) >= 11 is 0. The first-order valence-electron chi connectivity index (χ1n) is 13.5. The molecule has 5 rings (SSSR count). The second-order valence-corrected chi connectivity index (χ2v) is 11.1. The van der Waals surface area contributed by atoms with E-state index in [1.165, 1.54) is 15.8 Å². The fourth-order valence-electron chi connectivity index (χ4n) is 4.70. The van der Waals surface area contributed by atoms with Gasteiger partial charge in [0.05, 0.1) is 5.69 Å². The molecule has 0 aliphatic rings. The molecule has 1 N–H and O–H groups in total. The van der Waals surface area contributed by atoms with Gasteiger partial charge in [-0.1, -0.05) is 60.7 Å². The van der Waals surface area contributed by atoms with Crippen LogP contribution in [-0.4, -0.2) is 38.3 Å². The Kier molecular flexibility index (Phi) is 7.61. The summed E-state index contributed by atoms with van der Waals surface area (Å²) in [5.41, 5.74) is 4.28. The third kappa shape index (κ3) is 6.30. The molecular weight excluding hydrogens is 516 g/mol. The van der Waals surface area contributed by atoms with Crippen LogP contribution < -0.4 is 15.5 Å². The van der Waals surface area contributed by atoms with E-state index in [0.29, 0.717) is 41.4 Å².